The molecular weight excluding hydrogens is 340 g/mol. The highest BCUT2D eigenvalue weighted by atomic mass is 32.2. The normalized spacial score (nSPS) is 24.0. The van der Waals surface area contributed by atoms with Crippen molar-refractivity contribution in [2.75, 3.05) is 18.0 Å². The third-order valence-corrected chi connectivity index (χ3v) is 6.34. The van der Waals surface area contributed by atoms with Crippen LogP contribution in [0.5, 0.6) is 0 Å². The molecule has 2 heterocycles. The Kier molecular flexibility index (Phi) is 3.95. The first-order chi connectivity index (χ1) is 12.1. The molecule has 2 unspecified atom stereocenters. The molecule has 4 rings (SSSR count). The van der Waals surface area contributed by atoms with Gasteiger partial charge in [-0.25, -0.2) is 13.2 Å². The van der Waals surface area contributed by atoms with Crippen LogP contribution in [0.15, 0.2) is 65.6 Å². The first kappa shape index (κ1) is 16.1. The zero-order chi connectivity index (χ0) is 17.4. The molecule has 8 heteroatoms. The molecule has 2 aliphatic rings. The van der Waals surface area contributed by atoms with Crippen LogP contribution in [0, 0.1) is 0 Å². The number of piperazine rings is 1. The molecule has 0 saturated carbocycles. The Morgan fingerprint density at radius 3 is 2.24 bits per heavy atom. The minimum atomic E-state index is -3.69. The molecule has 2 aliphatic heterocycles. The highest BCUT2D eigenvalue weighted by Crippen LogP contribution is 2.28. The summed E-state index contributed by atoms with van der Waals surface area (Å²) < 4.78 is 27.4. The van der Waals surface area contributed by atoms with Crippen molar-refractivity contribution in [3.63, 3.8) is 0 Å². The maximum Gasteiger partial charge on any atom is 0.324 e. The lowest BCUT2D eigenvalue weighted by Crippen LogP contribution is -2.63. The Bertz CT molecular complexity index is 873. The lowest BCUT2D eigenvalue weighted by Gasteiger charge is -2.38. The number of carbonyl (C=O) groups is 1. The van der Waals surface area contributed by atoms with Crippen LogP contribution in [-0.2, 0) is 10.0 Å². The maximum absolute atomic E-state index is 13.0. The number of para-hydroxylation sites is 1. The summed E-state index contributed by atoms with van der Waals surface area (Å²) in [4.78, 5) is 14.3. The van der Waals surface area contributed by atoms with E-state index in [1.54, 1.807) is 35.2 Å². The van der Waals surface area contributed by atoms with Crippen LogP contribution >= 0.6 is 0 Å². The number of fused-ring (bicyclic) bond motifs is 1. The van der Waals surface area contributed by atoms with E-state index in [1.807, 2.05) is 30.3 Å². The quantitative estimate of drug-likeness (QED) is 0.863. The van der Waals surface area contributed by atoms with Crippen molar-refractivity contribution < 1.29 is 13.2 Å². The third kappa shape index (κ3) is 2.68. The zero-order valence-electron chi connectivity index (χ0n) is 13.4. The van der Waals surface area contributed by atoms with Crippen LogP contribution in [0.25, 0.3) is 0 Å². The standard InChI is InChI=1S/C17H18N4O3S/c22-17-19-16-15(21(17)13-7-3-1-4-8-13)18-11-12-20(16)25(23,24)14-9-5-2-6-10-14/h1-10,15-16,18H,11-12H2,(H,19,22). The molecule has 2 saturated heterocycles. The van der Waals surface area contributed by atoms with Crippen molar-refractivity contribution in [1.82, 2.24) is 14.9 Å². The summed E-state index contributed by atoms with van der Waals surface area (Å²) >= 11 is 0. The van der Waals surface area contributed by atoms with Gasteiger partial charge in [0.2, 0.25) is 10.0 Å². The number of amides is 2. The number of urea groups is 1. The number of benzene rings is 2. The van der Waals surface area contributed by atoms with Crippen LogP contribution in [0.1, 0.15) is 0 Å². The minimum absolute atomic E-state index is 0.225. The van der Waals surface area contributed by atoms with Crippen molar-refractivity contribution >= 4 is 21.7 Å². The fraction of sp³-hybridized carbons (Fsp3) is 0.235. The van der Waals surface area contributed by atoms with Crippen molar-refractivity contribution in [1.29, 1.82) is 0 Å². The molecule has 2 atom stereocenters. The number of carbonyl (C=O) groups excluding carboxylic acids is 1. The van der Waals surface area contributed by atoms with Crippen LogP contribution in [0.4, 0.5) is 10.5 Å². The SMILES string of the molecule is O=C1NC2C(NCCN2S(=O)(=O)c2ccccc2)N1c1ccccc1. The number of anilines is 1. The van der Waals surface area contributed by atoms with E-state index >= 15 is 0 Å². The van der Waals surface area contributed by atoms with Crippen LogP contribution < -0.4 is 15.5 Å². The summed E-state index contributed by atoms with van der Waals surface area (Å²) in [7, 11) is -3.69. The molecule has 2 aromatic rings. The predicted molar refractivity (Wildman–Crippen MR) is 93.4 cm³/mol. The Balaban J connectivity index is 1.69. The van der Waals surface area contributed by atoms with Gasteiger partial charge in [0, 0.05) is 18.8 Å². The molecule has 0 bridgehead atoms. The largest absolute Gasteiger partial charge is 0.324 e. The highest BCUT2D eigenvalue weighted by molar-refractivity contribution is 7.89. The van der Waals surface area contributed by atoms with Gasteiger partial charge in [-0.3, -0.25) is 10.2 Å². The van der Waals surface area contributed by atoms with Gasteiger partial charge in [0.05, 0.1) is 4.90 Å². The van der Waals surface area contributed by atoms with Crippen LogP contribution in [0.2, 0.25) is 0 Å². The monoisotopic (exact) mass is 358 g/mol. The van der Waals surface area contributed by atoms with E-state index < -0.39 is 22.4 Å². The smallest absolute Gasteiger partial charge is 0.318 e. The number of sulfonamides is 1. The number of nitrogens with zero attached hydrogens (tertiary/aromatic N) is 2. The van der Waals surface area contributed by atoms with Gasteiger partial charge < -0.3 is 5.32 Å². The molecule has 0 radical (unpaired) electrons. The van der Waals surface area contributed by atoms with Gasteiger partial charge in [-0.2, -0.15) is 4.31 Å². The van der Waals surface area contributed by atoms with Crippen molar-refractivity contribution in [3.8, 4) is 0 Å². The summed E-state index contributed by atoms with van der Waals surface area (Å²) in [6.07, 6.45) is -1.12. The Morgan fingerprint density at radius 2 is 1.56 bits per heavy atom. The van der Waals surface area contributed by atoms with Crippen molar-refractivity contribution in [2.45, 2.75) is 17.2 Å². The van der Waals surface area contributed by atoms with Gasteiger partial charge >= 0.3 is 6.03 Å². The molecule has 25 heavy (non-hydrogen) atoms. The second-order valence-corrected chi connectivity index (χ2v) is 7.82. The molecule has 7 nitrogen and oxygen atoms in total. The van der Waals surface area contributed by atoms with E-state index in [4.69, 9.17) is 0 Å². The van der Waals surface area contributed by atoms with E-state index in [2.05, 4.69) is 10.6 Å². The molecule has 0 spiro atoms. The van der Waals surface area contributed by atoms with E-state index in [0.29, 0.717) is 13.1 Å². The summed E-state index contributed by atoms with van der Waals surface area (Å²) in [6.45, 7) is 0.757. The van der Waals surface area contributed by atoms with Gasteiger partial charge in [-0.05, 0) is 24.3 Å². The average Bonchev–Trinajstić information content (AvgIpc) is 2.98. The summed E-state index contributed by atoms with van der Waals surface area (Å²) in [5.41, 5.74) is 0.721. The number of hydrogen-bond acceptors (Lipinski definition) is 4. The van der Waals surface area contributed by atoms with Crippen LogP contribution in [-0.4, -0.2) is 44.2 Å². The molecule has 130 valence electrons. The minimum Gasteiger partial charge on any atom is -0.318 e. The molecule has 0 aliphatic carbocycles. The molecule has 0 aromatic heterocycles. The van der Waals surface area contributed by atoms with Crippen LogP contribution in [0.3, 0.4) is 0 Å². The number of rotatable bonds is 3. The first-order valence-electron chi connectivity index (χ1n) is 8.04. The molecule has 2 amide bonds. The second-order valence-electron chi connectivity index (χ2n) is 5.93. The Hall–Kier alpha value is -2.42. The Morgan fingerprint density at radius 1 is 0.920 bits per heavy atom. The lowest BCUT2D eigenvalue weighted by atomic mass is 10.2. The topological polar surface area (TPSA) is 81.8 Å². The van der Waals surface area contributed by atoms with Gasteiger partial charge in [0.25, 0.3) is 0 Å². The summed E-state index contributed by atoms with van der Waals surface area (Å²) in [6, 6.07) is 17.2. The van der Waals surface area contributed by atoms with E-state index in [9.17, 15) is 13.2 Å². The van der Waals surface area contributed by atoms with E-state index in [-0.39, 0.29) is 10.9 Å². The molecule has 2 aromatic carbocycles. The van der Waals surface area contributed by atoms with Crippen molar-refractivity contribution in [2.24, 2.45) is 0 Å². The third-order valence-electron chi connectivity index (χ3n) is 4.45. The average molecular weight is 358 g/mol. The lowest BCUT2D eigenvalue weighted by molar-refractivity contribution is 0.213. The first-order valence-corrected chi connectivity index (χ1v) is 9.48. The highest BCUT2D eigenvalue weighted by Gasteiger charge is 2.49. The van der Waals surface area contributed by atoms with Gasteiger partial charge in [0.1, 0.15) is 12.3 Å². The Labute approximate surface area is 146 Å². The second kappa shape index (κ2) is 6.14. The zero-order valence-corrected chi connectivity index (χ0v) is 14.2. The molecule has 2 N–H and O–H groups in total. The predicted octanol–water partition coefficient (Wildman–Crippen LogP) is 1.16. The van der Waals surface area contributed by atoms with Crippen molar-refractivity contribution in [3.05, 3.63) is 60.7 Å². The number of nitrogens with one attached hydrogen (secondary N) is 2. The fourth-order valence-corrected chi connectivity index (χ4v) is 4.87. The summed E-state index contributed by atoms with van der Waals surface area (Å²) in [5.74, 6) is 0. The van der Waals surface area contributed by atoms with Gasteiger partial charge in [-0.1, -0.05) is 36.4 Å². The van der Waals surface area contributed by atoms with E-state index in [0.717, 1.165) is 5.69 Å². The fourth-order valence-electron chi connectivity index (χ4n) is 3.30. The summed E-state index contributed by atoms with van der Waals surface area (Å²) in [5, 5.41) is 6.05. The molecule has 2 fully saturated rings. The van der Waals surface area contributed by atoms with Gasteiger partial charge in [0.15, 0.2) is 0 Å². The number of hydrogen-bond donors (Lipinski definition) is 2. The molecular formula is C17H18N4O3S. The maximum atomic E-state index is 13.0. The van der Waals surface area contributed by atoms with Gasteiger partial charge in [-0.15, -0.1) is 0 Å². The van der Waals surface area contributed by atoms with E-state index in [1.165, 1.54) is 4.31 Å².